The Morgan fingerprint density at radius 1 is 1.00 bits per heavy atom. The summed E-state index contributed by atoms with van der Waals surface area (Å²) >= 11 is 1.25. The Morgan fingerprint density at radius 2 is 1.73 bits per heavy atom. The van der Waals surface area contributed by atoms with Gasteiger partial charge in [0.1, 0.15) is 17.0 Å². The maximum absolute atomic E-state index is 14.1. The number of ketones is 1. The minimum Gasteiger partial charge on any atom is -0.457 e. The molecule has 8 nitrogen and oxygen atoms in total. The molecular formula is C31H33N5O3S. The van der Waals surface area contributed by atoms with Crippen molar-refractivity contribution in [2.75, 3.05) is 5.73 Å². The van der Waals surface area contributed by atoms with E-state index < -0.39 is 11.6 Å². The lowest BCUT2D eigenvalue weighted by Gasteiger charge is -2.37. The SMILES string of the molecule is Cc1cc(Oc2ccccc2)ccc1C1(N)C(=O)C(N)c2c(C(=O)N[C@H]3CCCC[C@@H]3N)sc3c(N)ccc1c23. The minimum absolute atomic E-state index is 0.104. The van der Waals surface area contributed by atoms with Crippen molar-refractivity contribution in [3.63, 3.8) is 0 Å². The van der Waals surface area contributed by atoms with Crippen molar-refractivity contribution >= 4 is 38.8 Å². The van der Waals surface area contributed by atoms with Crippen LogP contribution in [0.1, 0.15) is 63.7 Å². The summed E-state index contributed by atoms with van der Waals surface area (Å²) < 4.78 is 6.69. The Bertz CT molecular complexity index is 1640. The summed E-state index contributed by atoms with van der Waals surface area (Å²) in [5.41, 5.74) is 27.8. The van der Waals surface area contributed by atoms with E-state index >= 15 is 0 Å². The molecule has 0 aliphatic heterocycles. The van der Waals surface area contributed by atoms with Gasteiger partial charge in [-0.15, -0.1) is 11.3 Å². The molecule has 206 valence electrons. The highest BCUT2D eigenvalue weighted by Gasteiger charge is 2.49. The summed E-state index contributed by atoms with van der Waals surface area (Å²) in [6, 6.07) is 17.1. The second-order valence-corrected chi connectivity index (χ2v) is 11.8. The Labute approximate surface area is 236 Å². The number of thiophene rings is 1. The predicted molar refractivity (Wildman–Crippen MR) is 159 cm³/mol. The van der Waals surface area contributed by atoms with Crippen molar-refractivity contribution in [3.8, 4) is 11.5 Å². The van der Waals surface area contributed by atoms with Crippen molar-refractivity contribution in [2.45, 2.75) is 56.3 Å². The molecule has 9 N–H and O–H groups in total. The third kappa shape index (κ3) is 4.17. The molecule has 4 atom stereocenters. The zero-order chi connectivity index (χ0) is 28.2. The van der Waals surface area contributed by atoms with Crippen LogP contribution in [0.3, 0.4) is 0 Å². The van der Waals surface area contributed by atoms with Gasteiger partial charge in [-0.05, 0) is 66.8 Å². The van der Waals surface area contributed by atoms with Crippen molar-refractivity contribution in [1.82, 2.24) is 5.32 Å². The van der Waals surface area contributed by atoms with E-state index in [-0.39, 0.29) is 23.8 Å². The van der Waals surface area contributed by atoms with E-state index in [9.17, 15) is 9.59 Å². The van der Waals surface area contributed by atoms with Gasteiger partial charge in [0.25, 0.3) is 5.91 Å². The maximum Gasteiger partial charge on any atom is 0.262 e. The van der Waals surface area contributed by atoms with Crippen molar-refractivity contribution in [2.24, 2.45) is 17.2 Å². The molecule has 0 spiro atoms. The highest BCUT2D eigenvalue weighted by Crippen LogP contribution is 2.50. The molecular weight excluding hydrogens is 522 g/mol. The molecule has 2 aliphatic rings. The van der Waals surface area contributed by atoms with Gasteiger partial charge in [-0.2, -0.15) is 0 Å². The van der Waals surface area contributed by atoms with Crippen LogP contribution in [0.15, 0.2) is 60.7 Å². The van der Waals surface area contributed by atoms with E-state index in [0.717, 1.165) is 31.2 Å². The molecule has 1 heterocycles. The molecule has 9 heteroatoms. The molecule has 2 aliphatic carbocycles. The quantitative estimate of drug-likeness (QED) is 0.229. The van der Waals surface area contributed by atoms with Gasteiger partial charge in [-0.1, -0.05) is 43.2 Å². The van der Waals surface area contributed by atoms with Gasteiger partial charge in [0.05, 0.1) is 15.6 Å². The van der Waals surface area contributed by atoms with Crippen LogP contribution < -0.4 is 33.0 Å². The van der Waals surface area contributed by atoms with Crippen molar-refractivity contribution < 1.29 is 14.3 Å². The van der Waals surface area contributed by atoms with Gasteiger partial charge < -0.3 is 33.0 Å². The van der Waals surface area contributed by atoms with Crippen LogP contribution in [0.25, 0.3) is 10.1 Å². The number of carbonyl (C=O) groups excluding carboxylic acids is 2. The summed E-state index contributed by atoms with van der Waals surface area (Å²) in [5, 5.41) is 3.78. The van der Waals surface area contributed by atoms with Gasteiger partial charge in [0.2, 0.25) is 0 Å². The minimum atomic E-state index is -1.53. The number of aryl methyl sites for hydroxylation is 1. The van der Waals surface area contributed by atoms with Gasteiger partial charge >= 0.3 is 0 Å². The number of nitrogens with two attached hydrogens (primary N) is 4. The number of nitrogen functional groups attached to an aromatic ring is 1. The second kappa shape index (κ2) is 10.0. The highest BCUT2D eigenvalue weighted by molar-refractivity contribution is 7.21. The number of para-hydroxylation sites is 1. The lowest BCUT2D eigenvalue weighted by molar-refractivity contribution is -0.124. The number of hydrogen-bond donors (Lipinski definition) is 5. The lowest BCUT2D eigenvalue weighted by Crippen LogP contribution is -2.53. The average molecular weight is 556 g/mol. The summed E-state index contributed by atoms with van der Waals surface area (Å²) in [6.45, 7) is 1.89. The number of ether oxygens (including phenoxy) is 1. The number of benzene rings is 3. The van der Waals surface area contributed by atoms with Crippen molar-refractivity contribution in [1.29, 1.82) is 0 Å². The van der Waals surface area contributed by atoms with E-state index in [1.807, 2.05) is 49.4 Å². The van der Waals surface area contributed by atoms with Gasteiger partial charge in [0, 0.05) is 28.7 Å². The zero-order valence-electron chi connectivity index (χ0n) is 22.3. The lowest BCUT2D eigenvalue weighted by atomic mass is 9.69. The largest absolute Gasteiger partial charge is 0.457 e. The van der Waals surface area contributed by atoms with Gasteiger partial charge in [-0.25, -0.2) is 0 Å². The first-order valence-electron chi connectivity index (χ1n) is 13.5. The zero-order valence-corrected chi connectivity index (χ0v) is 23.1. The number of anilines is 1. The fraction of sp³-hybridized carbons (Fsp3) is 0.290. The molecule has 4 aromatic rings. The number of carbonyl (C=O) groups is 2. The van der Waals surface area contributed by atoms with E-state index in [2.05, 4.69) is 5.32 Å². The summed E-state index contributed by atoms with van der Waals surface area (Å²) in [6.07, 6.45) is 3.75. The van der Waals surface area contributed by atoms with E-state index in [4.69, 9.17) is 27.7 Å². The first kappa shape index (κ1) is 26.5. The van der Waals surface area contributed by atoms with Crippen LogP contribution in [0.4, 0.5) is 5.69 Å². The first-order chi connectivity index (χ1) is 19.2. The first-order valence-corrected chi connectivity index (χ1v) is 14.4. The van der Waals surface area contributed by atoms with Crippen LogP contribution in [-0.4, -0.2) is 23.8 Å². The van der Waals surface area contributed by atoms with Gasteiger partial charge in [0.15, 0.2) is 5.78 Å². The molecule has 0 bridgehead atoms. The Hall–Kier alpha value is -3.76. The number of nitrogens with one attached hydrogen (secondary N) is 1. The van der Waals surface area contributed by atoms with Crippen LogP contribution in [-0.2, 0) is 10.3 Å². The van der Waals surface area contributed by atoms with Crippen LogP contribution in [0.2, 0.25) is 0 Å². The van der Waals surface area contributed by atoms with Crippen molar-refractivity contribution in [3.05, 3.63) is 87.8 Å². The molecule has 40 heavy (non-hydrogen) atoms. The molecule has 0 radical (unpaired) electrons. The number of hydrogen-bond acceptors (Lipinski definition) is 8. The van der Waals surface area contributed by atoms with E-state index in [1.54, 1.807) is 18.2 Å². The average Bonchev–Trinajstić information content (AvgIpc) is 3.35. The molecule has 6 rings (SSSR count). The Balaban J connectivity index is 1.44. The van der Waals surface area contributed by atoms with E-state index in [0.29, 0.717) is 48.8 Å². The molecule has 1 amide bonds. The number of Topliss-reactive ketones (excluding diaryl/α,β-unsaturated/α-hetero) is 1. The number of amides is 1. The molecule has 0 saturated heterocycles. The maximum atomic E-state index is 14.1. The second-order valence-electron chi connectivity index (χ2n) is 10.8. The molecule has 1 aromatic heterocycles. The molecule has 1 saturated carbocycles. The Morgan fingerprint density at radius 3 is 2.45 bits per heavy atom. The highest BCUT2D eigenvalue weighted by atomic mass is 32.1. The normalized spacial score (nSPS) is 24.2. The fourth-order valence-electron chi connectivity index (χ4n) is 6.17. The number of rotatable bonds is 5. The molecule has 3 aromatic carbocycles. The summed E-state index contributed by atoms with van der Waals surface area (Å²) in [4.78, 5) is 28.1. The standard InChI is InChI=1S/C31H33N5O3S/c1-16-15-18(39-17-7-3-2-4-8-17)11-12-19(16)31(35)20-13-14-22(33)27-24(20)25(26(34)29(31)37)28(40-27)30(38)36-23-10-6-5-9-21(23)32/h2-4,7-8,11-15,21,23,26H,5-6,9-10,32-35H2,1H3,(H,36,38)/t21-,23-,26?,31?/m0/s1. The predicted octanol–water partition coefficient (Wildman–Crippen LogP) is 4.37. The monoisotopic (exact) mass is 555 g/mol. The van der Waals surface area contributed by atoms with Crippen LogP contribution >= 0.6 is 11.3 Å². The summed E-state index contributed by atoms with van der Waals surface area (Å²) in [5.74, 6) is 0.668. The smallest absolute Gasteiger partial charge is 0.262 e. The third-order valence-electron chi connectivity index (χ3n) is 8.26. The third-order valence-corrected chi connectivity index (χ3v) is 9.51. The van der Waals surface area contributed by atoms with Crippen LogP contribution in [0.5, 0.6) is 11.5 Å². The molecule has 1 fully saturated rings. The topological polar surface area (TPSA) is 159 Å². The molecule has 2 unspecified atom stereocenters. The fourth-order valence-corrected chi connectivity index (χ4v) is 7.37. The Kier molecular flexibility index (Phi) is 6.62. The van der Waals surface area contributed by atoms with E-state index in [1.165, 1.54) is 11.3 Å². The van der Waals surface area contributed by atoms with Gasteiger partial charge in [-0.3, -0.25) is 9.59 Å². The van der Waals surface area contributed by atoms with Crippen LogP contribution in [0, 0.1) is 6.92 Å². The summed E-state index contributed by atoms with van der Waals surface area (Å²) in [7, 11) is 0.